The molecule has 0 aliphatic carbocycles. The molecule has 0 saturated carbocycles. The molecule has 0 atom stereocenters. The van der Waals surface area contributed by atoms with E-state index in [4.69, 9.17) is 4.42 Å². The summed E-state index contributed by atoms with van der Waals surface area (Å²) in [6.07, 6.45) is 0.659. The molecule has 0 aliphatic heterocycles. The van der Waals surface area contributed by atoms with Gasteiger partial charge in [-0.05, 0) is 33.7 Å². The smallest absolute Gasteiger partial charge is 0.276 e. The predicted octanol–water partition coefficient (Wildman–Crippen LogP) is 6.74. The Kier molecular flexibility index (Phi) is 6.11. The fourth-order valence-electron chi connectivity index (χ4n) is 3.25. The van der Waals surface area contributed by atoms with Crippen LogP contribution < -0.4 is 0 Å². The van der Waals surface area contributed by atoms with Crippen LogP contribution in [-0.2, 0) is 12.2 Å². The summed E-state index contributed by atoms with van der Waals surface area (Å²) >= 11 is 1.58. The fraction of sp³-hybridized carbons (Fsp3) is 0.200. The molecule has 4 heteroatoms. The number of hydrogen-bond acceptors (Lipinski definition) is 4. The number of nitrogens with zero attached hydrogens (tertiary/aromatic N) is 2. The molecule has 29 heavy (non-hydrogen) atoms. The van der Waals surface area contributed by atoms with Crippen molar-refractivity contribution in [1.82, 2.24) is 10.2 Å². The molecule has 1 aromatic heterocycles. The van der Waals surface area contributed by atoms with Gasteiger partial charge in [-0.25, -0.2) is 0 Å². The summed E-state index contributed by atoms with van der Waals surface area (Å²) < 4.78 is 5.87. The highest BCUT2D eigenvalue weighted by Gasteiger charge is 2.10. The lowest BCUT2D eigenvalue weighted by molar-refractivity contribution is 0.420. The molecule has 4 aromatic rings. The minimum atomic E-state index is 0.536. The molecule has 0 saturated heterocycles. The summed E-state index contributed by atoms with van der Waals surface area (Å²) in [5.74, 6) is 1.98. The van der Waals surface area contributed by atoms with Crippen molar-refractivity contribution in [3.63, 3.8) is 0 Å². The molecule has 0 unspecified atom stereocenters. The number of hydrogen-bond donors (Lipinski definition) is 0. The second-order valence-electron chi connectivity index (χ2n) is 7.35. The van der Waals surface area contributed by atoms with Gasteiger partial charge in [0.15, 0.2) is 0 Å². The third-order valence-electron chi connectivity index (χ3n) is 4.90. The Labute approximate surface area is 176 Å². The molecule has 0 aliphatic rings. The third-order valence-corrected chi connectivity index (χ3v) is 5.77. The first-order valence-corrected chi connectivity index (χ1v) is 10.8. The van der Waals surface area contributed by atoms with Crippen molar-refractivity contribution < 1.29 is 4.42 Å². The summed E-state index contributed by atoms with van der Waals surface area (Å²) in [4.78, 5) is 0. The van der Waals surface area contributed by atoms with Crippen molar-refractivity contribution in [3.8, 4) is 11.1 Å². The standard InChI is InChI=1S/C25H24N2OS/c1-18(2)20-14-12-19(13-15-20)16-24-26-27-25(28-24)29-17-22-10-6-7-11-23(22)21-8-4-3-5-9-21/h3-15,18H,16-17H2,1-2H3. The zero-order valence-electron chi connectivity index (χ0n) is 16.7. The predicted molar refractivity (Wildman–Crippen MR) is 119 cm³/mol. The van der Waals surface area contributed by atoms with E-state index in [1.807, 2.05) is 6.07 Å². The lowest BCUT2D eigenvalue weighted by Crippen LogP contribution is -1.91. The van der Waals surface area contributed by atoms with Crippen molar-refractivity contribution in [2.24, 2.45) is 0 Å². The molecule has 146 valence electrons. The lowest BCUT2D eigenvalue weighted by Gasteiger charge is -2.08. The van der Waals surface area contributed by atoms with Crippen LogP contribution in [0.4, 0.5) is 0 Å². The van der Waals surface area contributed by atoms with Gasteiger partial charge in [0, 0.05) is 5.75 Å². The first-order valence-electron chi connectivity index (χ1n) is 9.86. The van der Waals surface area contributed by atoms with Crippen LogP contribution in [0.5, 0.6) is 0 Å². The third kappa shape index (κ3) is 4.96. The minimum Gasteiger partial charge on any atom is -0.416 e. The quantitative estimate of drug-likeness (QED) is 0.322. The van der Waals surface area contributed by atoms with Gasteiger partial charge in [-0.2, -0.15) is 0 Å². The van der Waals surface area contributed by atoms with E-state index in [9.17, 15) is 0 Å². The second kappa shape index (κ2) is 9.10. The molecule has 0 fully saturated rings. The Morgan fingerprint density at radius 3 is 2.31 bits per heavy atom. The van der Waals surface area contributed by atoms with Gasteiger partial charge >= 0.3 is 0 Å². The van der Waals surface area contributed by atoms with Gasteiger partial charge in [0.2, 0.25) is 5.89 Å². The van der Waals surface area contributed by atoms with E-state index in [2.05, 4.69) is 96.8 Å². The summed E-state index contributed by atoms with van der Waals surface area (Å²) in [7, 11) is 0. The zero-order chi connectivity index (χ0) is 20.1. The first-order chi connectivity index (χ1) is 14.2. The van der Waals surface area contributed by atoms with E-state index in [1.165, 1.54) is 27.8 Å². The largest absolute Gasteiger partial charge is 0.416 e. The highest BCUT2D eigenvalue weighted by molar-refractivity contribution is 7.98. The Morgan fingerprint density at radius 1 is 0.828 bits per heavy atom. The number of thioether (sulfide) groups is 1. The SMILES string of the molecule is CC(C)c1ccc(Cc2nnc(SCc3ccccc3-c3ccccc3)o2)cc1. The lowest BCUT2D eigenvalue weighted by atomic mass is 10.0. The molecule has 0 spiro atoms. The molecule has 3 aromatic carbocycles. The summed E-state index contributed by atoms with van der Waals surface area (Å²) in [6, 6.07) is 27.5. The maximum atomic E-state index is 5.87. The van der Waals surface area contributed by atoms with Crippen LogP contribution in [0.2, 0.25) is 0 Å². The van der Waals surface area contributed by atoms with Crippen LogP contribution >= 0.6 is 11.8 Å². The van der Waals surface area contributed by atoms with Gasteiger partial charge in [-0.15, -0.1) is 10.2 Å². The zero-order valence-corrected chi connectivity index (χ0v) is 17.5. The Hall–Kier alpha value is -2.85. The average molecular weight is 401 g/mol. The monoisotopic (exact) mass is 400 g/mol. The van der Waals surface area contributed by atoms with Crippen molar-refractivity contribution in [2.45, 2.75) is 37.2 Å². The van der Waals surface area contributed by atoms with Gasteiger partial charge in [0.1, 0.15) is 0 Å². The van der Waals surface area contributed by atoms with Gasteiger partial charge in [-0.3, -0.25) is 0 Å². The van der Waals surface area contributed by atoms with Crippen molar-refractivity contribution >= 4 is 11.8 Å². The minimum absolute atomic E-state index is 0.536. The molecule has 0 amide bonds. The molecule has 1 heterocycles. The van der Waals surface area contributed by atoms with Crippen LogP contribution in [0.15, 0.2) is 88.5 Å². The molecule has 4 rings (SSSR count). The Morgan fingerprint density at radius 2 is 1.55 bits per heavy atom. The number of rotatable bonds is 7. The van der Waals surface area contributed by atoms with Crippen LogP contribution in [-0.4, -0.2) is 10.2 Å². The van der Waals surface area contributed by atoms with Gasteiger partial charge in [0.05, 0.1) is 6.42 Å². The van der Waals surface area contributed by atoms with Gasteiger partial charge in [0.25, 0.3) is 5.22 Å². The topological polar surface area (TPSA) is 38.9 Å². The van der Waals surface area contributed by atoms with E-state index in [-0.39, 0.29) is 0 Å². The summed E-state index contributed by atoms with van der Waals surface area (Å²) in [5, 5.41) is 9.06. The molecule has 3 nitrogen and oxygen atoms in total. The van der Waals surface area contributed by atoms with Crippen LogP contribution in [0, 0.1) is 0 Å². The molecular formula is C25H24N2OS. The molecule has 0 radical (unpaired) electrons. The van der Waals surface area contributed by atoms with Crippen LogP contribution in [0.1, 0.15) is 42.3 Å². The summed E-state index contributed by atoms with van der Waals surface area (Å²) in [6.45, 7) is 4.40. The van der Waals surface area contributed by atoms with E-state index in [1.54, 1.807) is 11.8 Å². The van der Waals surface area contributed by atoms with E-state index in [0.717, 1.165) is 5.75 Å². The van der Waals surface area contributed by atoms with Crippen molar-refractivity contribution in [1.29, 1.82) is 0 Å². The highest BCUT2D eigenvalue weighted by atomic mass is 32.2. The maximum absolute atomic E-state index is 5.87. The molecule has 0 bridgehead atoms. The van der Waals surface area contributed by atoms with Crippen LogP contribution in [0.3, 0.4) is 0 Å². The van der Waals surface area contributed by atoms with Crippen molar-refractivity contribution in [3.05, 3.63) is 101 Å². The first kappa shape index (κ1) is 19.5. The van der Waals surface area contributed by atoms with Crippen molar-refractivity contribution in [2.75, 3.05) is 0 Å². The molecular weight excluding hydrogens is 376 g/mol. The highest BCUT2D eigenvalue weighted by Crippen LogP contribution is 2.29. The van der Waals surface area contributed by atoms with E-state index >= 15 is 0 Å². The van der Waals surface area contributed by atoms with E-state index in [0.29, 0.717) is 23.5 Å². The Bertz CT molecular complexity index is 1060. The van der Waals surface area contributed by atoms with E-state index < -0.39 is 0 Å². The molecule has 0 N–H and O–H groups in total. The normalized spacial score (nSPS) is 11.1. The average Bonchev–Trinajstić information content (AvgIpc) is 3.21. The number of benzene rings is 3. The van der Waals surface area contributed by atoms with Gasteiger partial charge < -0.3 is 4.42 Å². The van der Waals surface area contributed by atoms with Gasteiger partial charge in [-0.1, -0.05) is 104 Å². The fourth-order valence-corrected chi connectivity index (χ4v) is 4.03. The number of aromatic nitrogens is 2. The summed E-state index contributed by atoms with van der Waals surface area (Å²) in [5.41, 5.74) is 6.25. The maximum Gasteiger partial charge on any atom is 0.276 e. The van der Waals surface area contributed by atoms with Crippen LogP contribution in [0.25, 0.3) is 11.1 Å². The Balaban J connectivity index is 1.42. The second-order valence-corrected chi connectivity index (χ2v) is 8.27.